The molecule has 11 heteroatoms. The topological polar surface area (TPSA) is 93.8 Å². The van der Waals surface area contributed by atoms with Gasteiger partial charge in [-0.25, -0.2) is 4.99 Å². The van der Waals surface area contributed by atoms with Gasteiger partial charge in [0.1, 0.15) is 18.3 Å². The molecule has 5 atom stereocenters. The lowest BCUT2D eigenvalue weighted by molar-refractivity contribution is -0.359. The van der Waals surface area contributed by atoms with E-state index in [9.17, 15) is 13.2 Å². The summed E-state index contributed by atoms with van der Waals surface area (Å²) in [5, 5.41) is 0. The SMILES string of the molecule is NCCc1ccc(CCOC2OC(O/C(=N/c3ccccc3)C(F)(F)F)C(OCc3ccccc3)C(OCc3ccccc3)C2OCc2ccccc2)cc1. The van der Waals surface area contributed by atoms with Crippen LogP contribution in [0.15, 0.2) is 151 Å². The molecule has 5 aromatic rings. The molecule has 0 aromatic heterocycles. The first kappa shape index (κ1) is 39.8. The second-order valence-corrected chi connectivity index (χ2v) is 13.0. The second-order valence-electron chi connectivity index (χ2n) is 13.0. The summed E-state index contributed by atoms with van der Waals surface area (Å²) in [6.45, 7) is 0.965. The Labute approximate surface area is 319 Å². The van der Waals surface area contributed by atoms with Gasteiger partial charge in [-0.2, -0.15) is 13.2 Å². The van der Waals surface area contributed by atoms with E-state index < -0.39 is 43.0 Å². The number of alkyl halides is 3. The Morgan fingerprint density at radius 1 is 0.527 bits per heavy atom. The molecule has 1 saturated heterocycles. The molecule has 2 N–H and O–H groups in total. The highest BCUT2D eigenvalue weighted by Gasteiger charge is 2.52. The highest BCUT2D eigenvalue weighted by molar-refractivity contribution is 5.84. The zero-order valence-electron chi connectivity index (χ0n) is 30.3. The number of halogens is 3. The fraction of sp³-hybridized carbons (Fsp3) is 0.295. The molecule has 0 amide bonds. The van der Waals surface area contributed by atoms with E-state index in [4.69, 9.17) is 34.2 Å². The summed E-state index contributed by atoms with van der Waals surface area (Å²) in [7, 11) is 0. The molecule has 5 aromatic carbocycles. The van der Waals surface area contributed by atoms with Crippen LogP contribution >= 0.6 is 0 Å². The van der Waals surface area contributed by atoms with E-state index in [1.165, 1.54) is 12.1 Å². The Kier molecular flexibility index (Phi) is 14.6. The first-order chi connectivity index (χ1) is 26.9. The Bertz CT molecular complexity index is 1870. The number of benzene rings is 5. The van der Waals surface area contributed by atoms with Crippen molar-refractivity contribution in [2.45, 2.75) is 69.7 Å². The second kappa shape index (κ2) is 20.2. The lowest BCUT2D eigenvalue weighted by atomic mass is 10.0. The van der Waals surface area contributed by atoms with E-state index in [1.807, 2.05) is 115 Å². The van der Waals surface area contributed by atoms with Crippen molar-refractivity contribution >= 4 is 11.6 Å². The molecule has 1 aliphatic heterocycles. The smallest absolute Gasteiger partial charge is 0.441 e. The number of para-hydroxylation sites is 1. The third-order valence-electron chi connectivity index (χ3n) is 8.89. The van der Waals surface area contributed by atoms with E-state index in [0.717, 1.165) is 34.2 Å². The Balaban J connectivity index is 1.35. The quantitative estimate of drug-likeness (QED) is 0.0752. The van der Waals surface area contributed by atoms with Crippen molar-refractivity contribution in [1.82, 2.24) is 0 Å². The van der Waals surface area contributed by atoms with Gasteiger partial charge in [0.05, 0.1) is 32.1 Å². The first-order valence-corrected chi connectivity index (χ1v) is 18.2. The molecule has 1 fully saturated rings. The molecule has 0 spiro atoms. The Morgan fingerprint density at radius 3 is 1.44 bits per heavy atom. The number of rotatable bonds is 17. The molecule has 0 bridgehead atoms. The Hall–Kier alpha value is -4.88. The summed E-state index contributed by atoms with van der Waals surface area (Å²) >= 11 is 0. The van der Waals surface area contributed by atoms with Crippen LogP contribution in [0.5, 0.6) is 0 Å². The predicted molar refractivity (Wildman–Crippen MR) is 203 cm³/mol. The van der Waals surface area contributed by atoms with Crippen LogP contribution in [0.2, 0.25) is 0 Å². The minimum absolute atomic E-state index is 0.0220. The molecule has 55 heavy (non-hydrogen) atoms. The molecule has 1 heterocycles. The number of nitrogens with zero attached hydrogens (tertiary/aromatic N) is 1. The van der Waals surface area contributed by atoms with Crippen LogP contribution in [0.4, 0.5) is 18.9 Å². The van der Waals surface area contributed by atoms with Crippen LogP contribution in [0, 0.1) is 0 Å². The van der Waals surface area contributed by atoms with Crippen molar-refractivity contribution in [3.05, 3.63) is 173 Å². The summed E-state index contributed by atoms with van der Waals surface area (Å²) < 4.78 is 82.2. The van der Waals surface area contributed by atoms with E-state index in [0.29, 0.717) is 13.0 Å². The number of nitrogens with two attached hydrogens (primary N) is 1. The fourth-order valence-corrected chi connectivity index (χ4v) is 6.07. The zero-order chi connectivity index (χ0) is 38.3. The van der Waals surface area contributed by atoms with Crippen molar-refractivity contribution in [1.29, 1.82) is 0 Å². The van der Waals surface area contributed by atoms with Gasteiger partial charge in [0, 0.05) is 0 Å². The largest absolute Gasteiger partial charge is 0.468 e. The third kappa shape index (κ3) is 12.1. The number of hydrogen-bond donors (Lipinski definition) is 1. The van der Waals surface area contributed by atoms with E-state index >= 15 is 0 Å². The average Bonchev–Trinajstić information content (AvgIpc) is 3.21. The lowest BCUT2D eigenvalue weighted by Gasteiger charge is -2.45. The van der Waals surface area contributed by atoms with Crippen LogP contribution in [0.3, 0.4) is 0 Å². The molecule has 0 saturated carbocycles. The van der Waals surface area contributed by atoms with E-state index in [1.54, 1.807) is 18.2 Å². The first-order valence-electron chi connectivity index (χ1n) is 18.2. The lowest BCUT2D eigenvalue weighted by Crippen LogP contribution is -2.62. The number of ether oxygens (including phenoxy) is 6. The van der Waals surface area contributed by atoms with Crippen LogP contribution < -0.4 is 5.73 Å². The molecule has 0 aliphatic carbocycles. The van der Waals surface area contributed by atoms with Gasteiger partial charge in [-0.1, -0.05) is 133 Å². The van der Waals surface area contributed by atoms with Gasteiger partial charge in [0.25, 0.3) is 5.90 Å². The summed E-state index contributed by atoms with van der Waals surface area (Å²) in [4.78, 5) is 3.85. The molecular weight excluding hydrogens is 709 g/mol. The van der Waals surface area contributed by atoms with Crippen molar-refractivity contribution in [2.75, 3.05) is 13.2 Å². The normalized spacial score (nSPS) is 20.3. The summed E-state index contributed by atoms with van der Waals surface area (Å²) in [5.74, 6) is -1.50. The minimum Gasteiger partial charge on any atom is -0.441 e. The van der Waals surface area contributed by atoms with Crippen LogP contribution in [0.1, 0.15) is 27.8 Å². The van der Waals surface area contributed by atoms with Crippen LogP contribution in [-0.2, 0) is 61.1 Å². The molecule has 8 nitrogen and oxygen atoms in total. The molecule has 6 rings (SSSR count). The van der Waals surface area contributed by atoms with Crippen LogP contribution in [-0.4, -0.2) is 56.1 Å². The molecule has 288 valence electrons. The van der Waals surface area contributed by atoms with Gasteiger partial charge in [0.15, 0.2) is 6.29 Å². The third-order valence-corrected chi connectivity index (χ3v) is 8.89. The highest BCUT2D eigenvalue weighted by Crippen LogP contribution is 2.34. The highest BCUT2D eigenvalue weighted by atomic mass is 19.4. The van der Waals surface area contributed by atoms with Gasteiger partial charge in [-0.15, -0.1) is 0 Å². The molecule has 0 radical (unpaired) electrons. The number of hydrogen-bond acceptors (Lipinski definition) is 8. The standard InChI is InChI=1S/C44H45F3N2O6/c45-44(46,47)43(49-37-19-11-4-12-20-37)55-42-40(53-31-36-17-9-3-10-18-36)38(51-29-34-13-5-1-6-14-34)39(52-30-35-15-7-2-8-16-35)41(54-42)50-28-26-33-23-21-32(22-24-33)25-27-48/h1-24,38-42H,25-31,48H2/b49-43+. The number of aliphatic imine (C=N–C) groups is 1. The van der Waals surface area contributed by atoms with Crippen molar-refractivity contribution < 1.29 is 41.6 Å². The fourth-order valence-electron chi connectivity index (χ4n) is 6.07. The predicted octanol–water partition coefficient (Wildman–Crippen LogP) is 8.49. The molecule has 1 aliphatic rings. The molecule has 5 unspecified atom stereocenters. The summed E-state index contributed by atoms with van der Waals surface area (Å²) in [6.07, 6.45) is -9.85. The van der Waals surface area contributed by atoms with Gasteiger partial charge >= 0.3 is 6.18 Å². The summed E-state index contributed by atoms with van der Waals surface area (Å²) in [6, 6.07) is 44.0. The van der Waals surface area contributed by atoms with E-state index in [2.05, 4.69) is 4.99 Å². The maximum absolute atomic E-state index is 14.7. The van der Waals surface area contributed by atoms with Crippen molar-refractivity contribution in [2.24, 2.45) is 10.7 Å². The monoisotopic (exact) mass is 754 g/mol. The van der Waals surface area contributed by atoms with Crippen molar-refractivity contribution in [3.63, 3.8) is 0 Å². The maximum Gasteiger partial charge on any atom is 0.468 e. The minimum atomic E-state index is -4.98. The zero-order valence-corrected chi connectivity index (χ0v) is 30.3. The van der Waals surface area contributed by atoms with E-state index in [-0.39, 0.29) is 32.1 Å². The maximum atomic E-state index is 14.7. The van der Waals surface area contributed by atoms with Gasteiger partial charge < -0.3 is 34.2 Å². The average molecular weight is 755 g/mol. The van der Waals surface area contributed by atoms with Gasteiger partial charge in [-0.05, 0) is 59.3 Å². The summed E-state index contributed by atoms with van der Waals surface area (Å²) in [5.41, 5.74) is 10.4. The Morgan fingerprint density at radius 2 is 0.964 bits per heavy atom. The van der Waals surface area contributed by atoms with Gasteiger partial charge in [0.2, 0.25) is 6.29 Å². The van der Waals surface area contributed by atoms with Gasteiger partial charge in [-0.3, -0.25) is 0 Å². The van der Waals surface area contributed by atoms with Crippen molar-refractivity contribution in [3.8, 4) is 0 Å². The van der Waals surface area contributed by atoms with Crippen LogP contribution in [0.25, 0.3) is 0 Å². The molecular formula is C44H45F3N2O6.